The number of hydrogen-bond acceptors (Lipinski definition) is 4. The highest BCUT2D eigenvalue weighted by Gasteiger charge is 2.22. The SMILES string of the molecule is C#C/C=C\C(=C/C)c1nc(-c2ccccc2)nc(-c2cccc(-c3cccc4c3oc3ccc5c6cccc7c8ccccc8n(c76)c5c34)c2)n1. The molecule has 10 rings (SSSR count). The van der Waals surface area contributed by atoms with Crippen molar-refractivity contribution in [3.05, 3.63) is 151 Å². The van der Waals surface area contributed by atoms with Gasteiger partial charge in [0.2, 0.25) is 0 Å². The molecule has 0 aliphatic heterocycles. The third-order valence-electron chi connectivity index (χ3n) is 9.87. The van der Waals surface area contributed by atoms with Gasteiger partial charge in [0.25, 0.3) is 0 Å². The third-order valence-corrected chi connectivity index (χ3v) is 9.87. The zero-order valence-corrected chi connectivity index (χ0v) is 27.6. The van der Waals surface area contributed by atoms with Crippen LogP contribution in [0, 0.1) is 12.3 Å². The van der Waals surface area contributed by atoms with Crippen LogP contribution in [0.25, 0.3) is 99.5 Å². The lowest BCUT2D eigenvalue weighted by molar-refractivity contribution is 0.670. The molecule has 4 heterocycles. The van der Waals surface area contributed by atoms with Gasteiger partial charge in [-0.3, -0.25) is 0 Å². The van der Waals surface area contributed by atoms with Gasteiger partial charge in [-0.25, -0.2) is 15.0 Å². The number of benzene rings is 6. The van der Waals surface area contributed by atoms with E-state index in [1.807, 2.05) is 61.5 Å². The second-order valence-electron chi connectivity index (χ2n) is 12.7. The molecule has 0 amide bonds. The van der Waals surface area contributed by atoms with E-state index < -0.39 is 0 Å². The first kappa shape index (κ1) is 28.9. The van der Waals surface area contributed by atoms with E-state index in [9.17, 15) is 0 Å². The van der Waals surface area contributed by atoms with Crippen LogP contribution in [-0.4, -0.2) is 19.4 Å². The van der Waals surface area contributed by atoms with Crippen LogP contribution in [0.2, 0.25) is 0 Å². The number of rotatable bonds is 5. The van der Waals surface area contributed by atoms with E-state index in [1.165, 1.54) is 38.1 Å². The first-order chi connectivity index (χ1) is 25.2. The van der Waals surface area contributed by atoms with E-state index in [2.05, 4.69) is 95.3 Å². The lowest BCUT2D eigenvalue weighted by atomic mass is 9.99. The Bertz CT molecular complexity index is 3100. The van der Waals surface area contributed by atoms with Crippen LogP contribution in [0.3, 0.4) is 0 Å². The van der Waals surface area contributed by atoms with Crippen LogP contribution in [0.1, 0.15) is 12.7 Å². The molecule has 0 bridgehead atoms. The van der Waals surface area contributed by atoms with Crippen LogP contribution in [0.5, 0.6) is 0 Å². The van der Waals surface area contributed by atoms with Gasteiger partial charge in [-0.05, 0) is 48.9 Å². The van der Waals surface area contributed by atoms with Crippen LogP contribution in [-0.2, 0) is 0 Å². The fourth-order valence-corrected chi connectivity index (χ4v) is 7.63. The van der Waals surface area contributed by atoms with Gasteiger partial charge in [0.15, 0.2) is 17.5 Å². The molecule has 0 N–H and O–H groups in total. The van der Waals surface area contributed by atoms with Gasteiger partial charge >= 0.3 is 0 Å². The Morgan fingerprint density at radius 3 is 2.16 bits per heavy atom. The predicted molar refractivity (Wildman–Crippen MR) is 210 cm³/mol. The second kappa shape index (κ2) is 11.3. The molecule has 5 nitrogen and oxygen atoms in total. The molecule has 4 aromatic heterocycles. The first-order valence-electron chi connectivity index (χ1n) is 16.9. The van der Waals surface area contributed by atoms with Crippen molar-refractivity contribution in [3.8, 4) is 46.2 Å². The molecule has 0 aliphatic carbocycles. The number of aromatic nitrogens is 4. The predicted octanol–water partition coefficient (Wildman–Crippen LogP) is 11.5. The smallest absolute Gasteiger partial charge is 0.164 e. The minimum Gasteiger partial charge on any atom is -0.455 e. The van der Waals surface area contributed by atoms with E-state index in [1.54, 1.807) is 6.08 Å². The van der Waals surface area contributed by atoms with E-state index >= 15 is 0 Å². The third kappa shape index (κ3) is 4.34. The molecule has 0 atom stereocenters. The number of nitrogens with zero attached hydrogens (tertiary/aromatic N) is 4. The van der Waals surface area contributed by atoms with Crippen molar-refractivity contribution in [1.82, 2.24) is 19.4 Å². The van der Waals surface area contributed by atoms with Gasteiger partial charge in [-0.1, -0.05) is 115 Å². The molecule has 5 heteroatoms. The normalized spacial score (nSPS) is 12.4. The number of para-hydroxylation sites is 3. The number of furan rings is 1. The first-order valence-corrected chi connectivity index (χ1v) is 16.9. The number of fused-ring (bicyclic) bond motifs is 10. The molecule has 0 radical (unpaired) electrons. The monoisotopic (exact) mass is 652 g/mol. The van der Waals surface area contributed by atoms with Crippen molar-refractivity contribution in [2.45, 2.75) is 6.92 Å². The maximum atomic E-state index is 6.79. The Morgan fingerprint density at radius 2 is 1.31 bits per heavy atom. The van der Waals surface area contributed by atoms with Crippen molar-refractivity contribution in [1.29, 1.82) is 0 Å². The molecular weight excluding hydrogens is 625 g/mol. The van der Waals surface area contributed by atoms with Gasteiger partial charge in [0.05, 0.1) is 21.9 Å². The fourth-order valence-electron chi connectivity index (χ4n) is 7.63. The number of allylic oxidation sites excluding steroid dienone is 4. The summed E-state index contributed by atoms with van der Waals surface area (Å²) in [5.74, 6) is 4.29. The topological polar surface area (TPSA) is 56.2 Å². The lowest BCUT2D eigenvalue weighted by Gasteiger charge is -2.10. The summed E-state index contributed by atoms with van der Waals surface area (Å²) in [6, 6.07) is 44.3. The van der Waals surface area contributed by atoms with Crippen molar-refractivity contribution in [2.24, 2.45) is 0 Å². The summed E-state index contributed by atoms with van der Waals surface area (Å²) in [5.41, 5.74) is 9.94. The molecule has 0 fully saturated rings. The number of terminal acetylenes is 1. The van der Waals surface area contributed by atoms with Crippen molar-refractivity contribution >= 4 is 65.6 Å². The van der Waals surface area contributed by atoms with Crippen molar-refractivity contribution < 1.29 is 4.42 Å². The standard InChI is InChI=1S/C46H28N4O/c1-3-5-14-28(4-2)44-47-45(29-15-7-6-8-16-29)49-46(48-44)31-18-11-17-30(27-31)32-20-12-23-37-40-39(51-43(32)37)26-25-36-35-22-13-21-34-33-19-9-10-24-38(33)50(41(34)35)42(36)40/h1,4-27H,2H3/b14-5-,28-4+. The van der Waals surface area contributed by atoms with E-state index in [0.29, 0.717) is 17.5 Å². The van der Waals surface area contributed by atoms with Crippen molar-refractivity contribution in [2.75, 3.05) is 0 Å². The average molecular weight is 653 g/mol. The van der Waals surface area contributed by atoms with E-state index in [-0.39, 0.29) is 0 Å². The summed E-state index contributed by atoms with van der Waals surface area (Å²) in [7, 11) is 0. The molecule has 0 saturated heterocycles. The largest absolute Gasteiger partial charge is 0.455 e. The highest BCUT2D eigenvalue weighted by Crippen LogP contribution is 2.45. The van der Waals surface area contributed by atoms with Crippen LogP contribution in [0.15, 0.2) is 150 Å². The molecule has 0 unspecified atom stereocenters. The summed E-state index contributed by atoms with van der Waals surface area (Å²) in [6.07, 6.45) is 11.0. The molecule has 0 aliphatic rings. The van der Waals surface area contributed by atoms with Gasteiger partial charge in [-0.15, -0.1) is 6.42 Å². The summed E-state index contributed by atoms with van der Waals surface area (Å²) < 4.78 is 9.22. The molecule has 51 heavy (non-hydrogen) atoms. The molecular formula is C46H28N4O. The minimum atomic E-state index is 0.555. The Balaban J connectivity index is 1.18. The second-order valence-corrected chi connectivity index (χ2v) is 12.7. The molecule has 238 valence electrons. The summed E-state index contributed by atoms with van der Waals surface area (Å²) in [5, 5.41) is 7.20. The van der Waals surface area contributed by atoms with Crippen LogP contribution in [0.4, 0.5) is 0 Å². The summed E-state index contributed by atoms with van der Waals surface area (Å²) >= 11 is 0. The van der Waals surface area contributed by atoms with E-state index in [4.69, 9.17) is 25.8 Å². The molecule has 10 aromatic rings. The minimum absolute atomic E-state index is 0.555. The van der Waals surface area contributed by atoms with E-state index in [0.717, 1.165) is 49.8 Å². The number of hydrogen-bond donors (Lipinski definition) is 0. The van der Waals surface area contributed by atoms with Crippen molar-refractivity contribution in [3.63, 3.8) is 0 Å². The average Bonchev–Trinajstić information content (AvgIpc) is 3.85. The molecule has 0 spiro atoms. The van der Waals surface area contributed by atoms with Gasteiger partial charge < -0.3 is 8.82 Å². The van der Waals surface area contributed by atoms with Gasteiger partial charge in [0.1, 0.15) is 11.2 Å². The Labute approximate surface area is 293 Å². The highest BCUT2D eigenvalue weighted by molar-refractivity contribution is 6.30. The Hall–Kier alpha value is -7.03. The highest BCUT2D eigenvalue weighted by atomic mass is 16.3. The maximum absolute atomic E-state index is 6.79. The maximum Gasteiger partial charge on any atom is 0.164 e. The van der Waals surface area contributed by atoms with Crippen LogP contribution >= 0.6 is 0 Å². The Kier molecular flexibility index (Phi) is 6.39. The quantitative estimate of drug-likeness (QED) is 0.137. The lowest BCUT2D eigenvalue weighted by Crippen LogP contribution is -2.02. The zero-order valence-electron chi connectivity index (χ0n) is 27.6. The van der Waals surface area contributed by atoms with Crippen LogP contribution < -0.4 is 0 Å². The summed E-state index contributed by atoms with van der Waals surface area (Å²) in [6.45, 7) is 1.95. The zero-order chi connectivity index (χ0) is 34.1. The molecule has 0 saturated carbocycles. The fraction of sp³-hybridized carbons (Fsp3) is 0.0217. The molecule has 6 aromatic carbocycles. The van der Waals surface area contributed by atoms with Gasteiger partial charge in [-0.2, -0.15) is 0 Å². The Morgan fingerprint density at radius 1 is 0.647 bits per heavy atom. The van der Waals surface area contributed by atoms with Gasteiger partial charge in [0, 0.05) is 49.2 Å². The summed E-state index contributed by atoms with van der Waals surface area (Å²) in [4.78, 5) is 14.8.